The average molecular weight is 331 g/mol. The lowest BCUT2D eigenvalue weighted by Crippen LogP contribution is -2.39. The number of anilines is 1. The Kier molecular flexibility index (Phi) is 7.00. The molecule has 3 N–H and O–H groups in total. The predicted molar refractivity (Wildman–Crippen MR) is 84.7 cm³/mol. The lowest BCUT2D eigenvalue weighted by molar-refractivity contribution is 0.400. The first-order valence-electron chi connectivity index (χ1n) is 5.78. The van der Waals surface area contributed by atoms with Gasteiger partial charge in [0, 0.05) is 11.0 Å². The molecule has 0 saturated heterocycles. The summed E-state index contributed by atoms with van der Waals surface area (Å²) in [5.74, 6) is 0. The van der Waals surface area contributed by atoms with Crippen molar-refractivity contribution in [3.05, 3.63) is 28.7 Å². The number of nitrogens with zero attached hydrogens (tertiary/aromatic N) is 1. The first kappa shape index (κ1) is 15.2. The van der Waals surface area contributed by atoms with E-state index in [1.807, 2.05) is 24.3 Å². The van der Waals surface area contributed by atoms with Gasteiger partial charge in [-0.2, -0.15) is 0 Å². The first-order chi connectivity index (χ1) is 8.58. The van der Waals surface area contributed by atoms with Gasteiger partial charge in [0.2, 0.25) is 0 Å². The second kappa shape index (κ2) is 8.29. The van der Waals surface area contributed by atoms with Crippen LogP contribution in [0.3, 0.4) is 0 Å². The molecule has 0 aliphatic carbocycles. The Hall–Kier alpha value is -0.850. The normalized spacial score (nSPS) is 10.2. The number of halogens is 1. The van der Waals surface area contributed by atoms with Crippen molar-refractivity contribution in [1.82, 2.24) is 15.6 Å². The highest BCUT2D eigenvalue weighted by Gasteiger charge is 1.96. The Morgan fingerprint density at radius 2 is 2.17 bits per heavy atom. The van der Waals surface area contributed by atoms with E-state index in [0.717, 1.165) is 29.7 Å². The molecule has 0 amide bonds. The number of benzene rings is 1. The number of hydrogen-bond donors (Lipinski definition) is 3. The third-order valence-corrected chi connectivity index (χ3v) is 2.95. The van der Waals surface area contributed by atoms with Gasteiger partial charge in [0.25, 0.3) is 0 Å². The van der Waals surface area contributed by atoms with Crippen molar-refractivity contribution in [1.29, 1.82) is 0 Å². The molecule has 0 unspecified atom stereocenters. The number of hydrogen-bond acceptors (Lipinski definition) is 3. The summed E-state index contributed by atoms with van der Waals surface area (Å²) < 4.78 is 1.03. The van der Waals surface area contributed by atoms with Gasteiger partial charge in [0.1, 0.15) is 0 Å². The van der Waals surface area contributed by atoms with E-state index in [4.69, 9.17) is 12.2 Å². The molecule has 0 atom stereocenters. The standard InChI is InChI=1S/C12H19BrN4S/c1-17(2)8-4-7-14-12(18)16-15-11-6-3-5-10(13)9-11/h3,5-6,9,15H,4,7-8H2,1-2H3,(H2,14,16,18). The molecule has 0 spiro atoms. The van der Waals surface area contributed by atoms with Crippen LogP contribution < -0.4 is 16.2 Å². The maximum Gasteiger partial charge on any atom is 0.185 e. The van der Waals surface area contributed by atoms with E-state index >= 15 is 0 Å². The molecule has 100 valence electrons. The van der Waals surface area contributed by atoms with Crippen LogP contribution in [-0.2, 0) is 0 Å². The molecule has 1 rings (SSSR count). The topological polar surface area (TPSA) is 39.3 Å². The fourth-order valence-electron chi connectivity index (χ4n) is 1.34. The number of rotatable bonds is 6. The second-order valence-electron chi connectivity index (χ2n) is 4.17. The van der Waals surface area contributed by atoms with Gasteiger partial charge in [0.15, 0.2) is 5.11 Å². The van der Waals surface area contributed by atoms with Crippen LogP contribution in [0.25, 0.3) is 0 Å². The van der Waals surface area contributed by atoms with Gasteiger partial charge in [-0.25, -0.2) is 0 Å². The van der Waals surface area contributed by atoms with Crippen LogP contribution >= 0.6 is 28.1 Å². The summed E-state index contributed by atoms with van der Waals surface area (Å²) in [7, 11) is 4.12. The molecule has 0 bridgehead atoms. The largest absolute Gasteiger partial charge is 0.361 e. The average Bonchev–Trinajstić information content (AvgIpc) is 2.32. The highest BCUT2D eigenvalue weighted by atomic mass is 79.9. The fraction of sp³-hybridized carbons (Fsp3) is 0.417. The minimum atomic E-state index is 0.605. The molecule has 0 aromatic heterocycles. The Balaban J connectivity index is 2.17. The van der Waals surface area contributed by atoms with Gasteiger partial charge < -0.3 is 10.2 Å². The van der Waals surface area contributed by atoms with E-state index in [1.54, 1.807) is 0 Å². The highest BCUT2D eigenvalue weighted by Crippen LogP contribution is 2.14. The Labute approximate surface area is 122 Å². The molecular weight excluding hydrogens is 312 g/mol. The number of hydrazine groups is 1. The van der Waals surface area contributed by atoms with Crippen LogP contribution in [0.15, 0.2) is 28.7 Å². The molecule has 6 heteroatoms. The summed E-state index contributed by atoms with van der Waals surface area (Å²) >= 11 is 8.57. The Morgan fingerprint density at radius 1 is 1.39 bits per heavy atom. The van der Waals surface area contributed by atoms with E-state index in [0.29, 0.717) is 5.11 Å². The van der Waals surface area contributed by atoms with Crippen LogP contribution in [0.5, 0.6) is 0 Å². The van der Waals surface area contributed by atoms with E-state index in [9.17, 15) is 0 Å². The van der Waals surface area contributed by atoms with Crippen LogP contribution in [-0.4, -0.2) is 37.2 Å². The van der Waals surface area contributed by atoms with Gasteiger partial charge in [-0.15, -0.1) is 0 Å². The maximum absolute atomic E-state index is 5.15. The lowest BCUT2D eigenvalue weighted by Gasteiger charge is -2.14. The summed E-state index contributed by atoms with van der Waals surface area (Å²) in [5.41, 5.74) is 6.95. The van der Waals surface area contributed by atoms with E-state index in [-0.39, 0.29) is 0 Å². The molecule has 0 aliphatic rings. The van der Waals surface area contributed by atoms with Crippen molar-refractivity contribution in [2.75, 3.05) is 32.6 Å². The van der Waals surface area contributed by atoms with Crippen molar-refractivity contribution < 1.29 is 0 Å². The molecule has 0 aliphatic heterocycles. The van der Waals surface area contributed by atoms with Crippen molar-refractivity contribution in [3.63, 3.8) is 0 Å². The monoisotopic (exact) mass is 330 g/mol. The third-order valence-electron chi connectivity index (χ3n) is 2.21. The quantitative estimate of drug-likeness (QED) is 0.423. The summed E-state index contributed by atoms with van der Waals surface area (Å²) in [5, 5.41) is 3.75. The summed E-state index contributed by atoms with van der Waals surface area (Å²) in [6, 6.07) is 7.87. The number of thiocarbonyl (C=S) groups is 1. The molecule has 0 saturated carbocycles. The van der Waals surface area contributed by atoms with Crippen LogP contribution in [0.2, 0.25) is 0 Å². The molecular formula is C12H19BrN4S. The van der Waals surface area contributed by atoms with Gasteiger partial charge in [0.05, 0.1) is 5.69 Å². The lowest BCUT2D eigenvalue weighted by atomic mass is 10.3. The minimum absolute atomic E-state index is 0.605. The van der Waals surface area contributed by atoms with E-state index in [2.05, 4.69) is 51.1 Å². The molecule has 18 heavy (non-hydrogen) atoms. The van der Waals surface area contributed by atoms with Gasteiger partial charge in [-0.05, 0) is 57.5 Å². The van der Waals surface area contributed by atoms with Crippen molar-refractivity contribution in [3.8, 4) is 0 Å². The minimum Gasteiger partial charge on any atom is -0.361 e. The molecule has 0 heterocycles. The van der Waals surface area contributed by atoms with Gasteiger partial charge in [-0.1, -0.05) is 22.0 Å². The molecule has 1 aromatic rings. The van der Waals surface area contributed by atoms with Crippen LogP contribution in [0.4, 0.5) is 5.69 Å². The Morgan fingerprint density at radius 3 is 2.83 bits per heavy atom. The van der Waals surface area contributed by atoms with Crippen molar-refractivity contribution in [2.45, 2.75) is 6.42 Å². The fourth-order valence-corrected chi connectivity index (χ4v) is 1.89. The predicted octanol–water partition coefficient (Wildman–Crippen LogP) is 2.19. The maximum atomic E-state index is 5.15. The molecule has 0 fully saturated rings. The first-order valence-corrected chi connectivity index (χ1v) is 6.98. The van der Waals surface area contributed by atoms with Crippen molar-refractivity contribution >= 4 is 38.9 Å². The van der Waals surface area contributed by atoms with Crippen LogP contribution in [0.1, 0.15) is 6.42 Å². The third kappa shape index (κ3) is 6.78. The SMILES string of the molecule is CN(C)CCCNC(=S)NNc1cccc(Br)c1. The summed E-state index contributed by atoms with van der Waals surface area (Å²) in [6.45, 7) is 1.92. The summed E-state index contributed by atoms with van der Waals surface area (Å²) in [4.78, 5) is 2.15. The van der Waals surface area contributed by atoms with Gasteiger partial charge >= 0.3 is 0 Å². The zero-order chi connectivity index (χ0) is 13.4. The van der Waals surface area contributed by atoms with E-state index < -0.39 is 0 Å². The molecule has 0 radical (unpaired) electrons. The number of nitrogens with one attached hydrogen (secondary N) is 3. The van der Waals surface area contributed by atoms with E-state index in [1.165, 1.54) is 0 Å². The second-order valence-corrected chi connectivity index (χ2v) is 5.50. The molecule has 1 aromatic carbocycles. The zero-order valence-corrected chi connectivity index (χ0v) is 13.1. The Bertz CT molecular complexity index is 384. The smallest absolute Gasteiger partial charge is 0.185 e. The van der Waals surface area contributed by atoms with Crippen LogP contribution in [0, 0.1) is 0 Å². The van der Waals surface area contributed by atoms with Crippen molar-refractivity contribution in [2.24, 2.45) is 0 Å². The zero-order valence-electron chi connectivity index (χ0n) is 10.7. The highest BCUT2D eigenvalue weighted by molar-refractivity contribution is 9.10. The van der Waals surface area contributed by atoms with Gasteiger partial charge in [-0.3, -0.25) is 10.9 Å². The molecule has 4 nitrogen and oxygen atoms in total. The summed E-state index contributed by atoms with van der Waals surface area (Å²) in [6.07, 6.45) is 1.06.